The van der Waals surface area contributed by atoms with Gasteiger partial charge in [0.05, 0.1) is 11.0 Å². The molecular formula is C16H18AgCl2N2. The zero-order valence-electron chi connectivity index (χ0n) is 12.4. The summed E-state index contributed by atoms with van der Waals surface area (Å²) >= 11 is 11.8. The summed E-state index contributed by atoms with van der Waals surface area (Å²) in [6, 6.07) is 11.4. The van der Waals surface area contributed by atoms with Crippen molar-refractivity contribution in [3.05, 3.63) is 46.7 Å². The monoisotopic (exact) mass is 415 g/mol. The van der Waals surface area contributed by atoms with E-state index in [-0.39, 0.29) is 22.4 Å². The maximum absolute atomic E-state index is 5.89. The number of benzene rings is 1. The van der Waals surface area contributed by atoms with Gasteiger partial charge in [-0.1, -0.05) is 63.0 Å². The third-order valence-electron chi connectivity index (χ3n) is 2.45. The van der Waals surface area contributed by atoms with Gasteiger partial charge in [0, 0.05) is 33.2 Å². The molecule has 5 heteroatoms. The first-order valence-electron chi connectivity index (χ1n) is 6.75. The Morgan fingerprint density at radius 2 is 0.905 bits per heavy atom. The third-order valence-corrected chi connectivity index (χ3v) is 2.87. The Morgan fingerprint density at radius 1 is 0.619 bits per heavy atom. The van der Waals surface area contributed by atoms with Gasteiger partial charge in [0.15, 0.2) is 0 Å². The van der Waals surface area contributed by atoms with Crippen LogP contribution in [-0.4, -0.2) is 9.97 Å². The van der Waals surface area contributed by atoms with Crippen LogP contribution >= 0.6 is 23.2 Å². The number of hydrogen-bond acceptors (Lipinski definition) is 2. The van der Waals surface area contributed by atoms with Gasteiger partial charge in [-0.2, -0.15) is 0 Å². The molecule has 1 aromatic carbocycles. The second-order valence-electron chi connectivity index (χ2n) is 3.48. The molecule has 0 aliphatic heterocycles. The minimum Gasteiger partial charge on any atom is -0.234 e. The number of halogens is 2. The summed E-state index contributed by atoms with van der Waals surface area (Å²) in [5, 5.41) is 2.93. The fourth-order valence-corrected chi connectivity index (χ4v) is 2.02. The fraction of sp³-hybridized carbons (Fsp3) is 0.250. The van der Waals surface area contributed by atoms with Crippen molar-refractivity contribution in [2.75, 3.05) is 0 Å². The van der Waals surface area contributed by atoms with E-state index >= 15 is 0 Å². The molecule has 2 aromatic heterocycles. The van der Waals surface area contributed by atoms with Gasteiger partial charge in [0.2, 0.25) is 0 Å². The van der Waals surface area contributed by atoms with Crippen molar-refractivity contribution >= 4 is 45.0 Å². The minimum absolute atomic E-state index is 0. The molecule has 0 saturated heterocycles. The fourth-order valence-electron chi connectivity index (χ4n) is 1.72. The molecule has 21 heavy (non-hydrogen) atoms. The van der Waals surface area contributed by atoms with E-state index in [4.69, 9.17) is 23.2 Å². The predicted octanol–water partition coefficient (Wildman–Crippen LogP) is 6.14. The zero-order chi connectivity index (χ0) is 15.1. The van der Waals surface area contributed by atoms with Gasteiger partial charge in [-0.3, -0.25) is 0 Å². The molecule has 0 atom stereocenters. The van der Waals surface area contributed by atoms with Gasteiger partial charge in [0.1, 0.15) is 10.3 Å². The van der Waals surface area contributed by atoms with E-state index in [0.717, 1.165) is 21.8 Å². The molecule has 3 aromatic rings. The van der Waals surface area contributed by atoms with Crippen molar-refractivity contribution < 1.29 is 22.4 Å². The SMILES string of the molecule is CC.CC.Clc1ccc2ccc3ccc(Cl)nc3c2n1.[Ag]. The van der Waals surface area contributed by atoms with E-state index in [1.807, 2.05) is 52.0 Å². The molecule has 0 spiro atoms. The van der Waals surface area contributed by atoms with Crippen molar-refractivity contribution in [2.45, 2.75) is 27.7 Å². The average molecular weight is 417 g/mol. The molecule has 0 N–H and O–H groups in total. The van der Waals surface area contributed by atoms with Crippen LogP contribution in [0.4, 0.5) is 0 Å². The molecule has 0 amide bonds. The average Bonchev–Trinajstić information content (AvgIpc) is 2.51. The molecule has 0 aliphatic rings. The Hall–Kier alpha value is -0.640. The first-order valence-corrected chi connectivity index (χ1v) is 7.51. The van der Waals surface area contributed by atoms with Gasteiger partial charge in [-0.15, -0.1) is 0 Å². The van der Waals surface area contributed by atoms with Gasteiger partial charge in [-0.25, -0.2) is 9.97 Å². The van der Waals surface area contributed by atoms with Crippen LogP contribution in [0.15, 0.2) is 36.4 Å². The van der Waals surface area contributed by atoms with Crippen LogP contribution in [0.2, 0.25) is 10.3 Å². The summed E-state index contributed by atoms with van der Waals surface area (Å²) in [6.07, 6.45) is 0. The number of pyridine rings is 2. The third kappa shape index (κ3) is 4.94. The van der Waals surface area contributed by atoms with Gasteiger partial charge < -0.3 is 0 Å². The largest absolute Gasteiger partial charge is 0.234 e. The molecule has 0 bridgehead atoms. The number of aromatic nitrogens is 2. The number of nitrogens with zero attached hydrogens (tertiary/aromatic N) is 2. The minimum atomic E-state index is 0. The molecule has 0 saturated carbocycles. The first-order chi connectivity index (χ1) is 9.74. The smallest absolute Gasteiger partial charge is 0.129 e. The van der Waals surface area contributed by atoms with Gasteiger partial charge in [0.25, 0.3) is 0 Å². The van der Waals surface area contributed by atoms with Crippen molar-refractivity contribution in [1.82, 2.24) is 9.97 Å². The van der Waals surface area contributed by atoms with E-state index < -0.39 is 0 Å². The quantitative estimate of drug-likeness (QED) is 0.250. The summed E-state index contributed by atoms with van der Waals surface area (Å²) in [7, 11) is 0. The summed E-state index contributed by atoms with van der Waals surface area (Å²) < 4.78 is 0. The van der Waals surface area contributed by atoms with Gasteiger partial charge in [-0.05, 0) is 24.3 Å². The maximum Gasteiger partial charge on any atom is 0.129 e. The number of hydrogen-bond donors (Lipinski definition) is 0. The van der Waals surface area contributed by atoms with Crippen LogP contribution in [0.3, 0.4) is 0 Å². The Labute approximate surface area is 151 Å². The molecule has 3 rings (SSSR count). The van der Waals surface area contributed by atoms with Crippen molar-refractivity contribution in [2.24, 2.45) is 0 Å². The summed E-state index contributed by atoms with van der Waals surface area (Å²) in [4.78, 5) is 8.58. The Balaban J connectivity index is 0.000000741. The van der Waals surface area contributed by atoms with Crippen molar-refractivity contribution in [3.8, 4) is 0 Å². The molecule has 0 unspecified atom stereocenters. The normalized spacial score (nSPS) is 9.05. The standard InChI is InChI=1S/C12H6Cl2N2.2C2H6.Ag/c13-9-5-3-7-1-2-8-4-6-10(14)16-12(8)11(7)15-9;2*1-2;/h1-6H;2*1-2H3;. The molecule has 0 fully saturated rings. The summed E-state index contributed by atoms with van der Waals surface area (Å²) in [5.74, 6) is 0. The second-order valence-corrected chi connectivity index (χ2v) is 4.25. The van der Waals surface area contributed by atoms with Crippen molar-refractivity contribution in [1.29, 1.82) is 0 Å². The maximum atomic E-state index is 5.89. The van der Waals surface area contributed by atoms with Crippen LogP contribution in [0.1, 0.15) is 27.7 Å². The van der Waals surface area contributed by atoms with E-state index in [9.17, 15) is 0 Å². The number of rotatable bonds is 0. The van der Waals surface area contributed by atoms with Gasteiger partial charge >= 0.3 is 0 Å². The van der Waals surface area contributed by atoms with E-state index in [0.29, 0.717) is 10.3 Å². The van der Waals surface area contributed by atoms with E-state index in [1.54, 1.807) is 12.1 Å². The van der Waals surface area contributed by atoms with Crippen LogP contribution in [0.5, 0.6) is 0 Å². The molecule has 2 heterocycles. The predicted molar refractivity (Wildman–Crippen MR) is 89.8 cm³/mol. The van der Waals surface area contributed by atoms with Crippen LogP contribution in [-0.2, 0) is 22.4 Å². The summed E-state index contributed by atoms with van der Waals surface area (Å²) in [6.45, 7) is 8.00. The summed E-state index contributed by atoms with van der Waals surface area (Å²) in [5.41, 5.74) is 1.57. The van der Waals surface area contributed by atoms with Crippen LogP contribution in [0, 0.1) is 0 Å². The molecule has 1 radical (unpaired) electrons. The van der Waals surface area contributed by atoms with Crippen LogP contribution < -0.4 is 0 Å². The molecule has 117 valence electrons. The molecule has 2 nitrogen and oxygen atoms in total. The Morgan fingerprint density at radius 3 is 1.24 bits per heavy atom. The molecular weight excluding hydrogens is 399 g/mol. The number of fused-ring (bicyclic) bond motifs is 3. The zero-order valence-corrected chi connectivity index (χ0v) is 15.4. The van der Waals surface area contributed by atoms with E-state index in [2.05, 4.69) is 9.97 Å². The van der Waals surface area contributed by atoms with E-state index in [1.165, 1.54) is 0 Å². The topological polar surface area (TPSA) is 25.8 Å². The first kappa shape index (κ1) is 20.4. The van der Waals surface area contributed by atoms with Crippen molar-refractivity contribution in [3.63, 3.8) is 0 Å². The van der Waals surface area contributed by atoms with Crippen LogP contribution in [0.25, 0.3) is 21.8 Å². The Kier molecular flexibility index (Phi) is 9.84. The second kappa shape index (κ2) is 10.1. The Bertz CT molecular complexity index is 641. The molecule has 0 aliphatic carbocycles.